The lowest BCUT2D eigenvalue weighted by atomic mass is 10.0. The van der Waals surface area contributed by atoms with Gasteiger partial charge >= 0.3 is 0 Å². The van der Waals surface area contributed by atoms with Gasteiger partial charge in [-0.3, -0.25) is 0 Å². The van der Waals surface area contributed by atoms with Crippen molar-refractivity contribution in [3.63, 3.8) is 0 Å². The fourth-order valence-corrected chi connectivity index (χ4v) is 2.58. The van der Waals surface area contributed by atoms with Crippen LogP contribution in [0, 0.1) is 0 Å². The first-order valence-corrected chi connectivity index (χ1v) is 6.91. The Morgan fingerprint density at radius 1 is 1.21 bits per heavy atom. The van der Waals surface area contributed by atoms with E-state index in [-0.39, 0.29) is 0 Å². The maximum absolute atomic E-state index is 5.35. The Kier molecular flexibility index (Phi) is 4.91. The number of piperidine rings is 1. The highest BCUT2D eigenvalue weighted by Crippen LogP contribution is 2.31. The van der Waals surface area contributed by atoms with E-state index in [0.29, 0.717) is 6.04 Å². The minimum absolute atomic E-state index is 0.590. The number of nitrogens with one attached hydrogen (secondary N) is 1. The van der Waals surface area contributed by atoms with Crippen molar-refractivity contribution in [1.29, 1.82) is 0 Å². The molecule has 19 heavy (non-hydrogen) atoms. The number of hydrogen-bond donors (Lipinski definition) is 1. The van der Waals surface area contributed by atoms with Gasteiger partial charge in [0.15, 0.2) is 11.5 Å². The second-order valence-electron chi connectivity index (χ2n) is 5.07. The second-order valence-corrected chi connectivity index (χ2v) is 5.07. The van der Waals surface area contributed by atoms with E-state index in [0.717, 1.165) is 30.3 Å². The largest absolute Gasteiger partial charge is 0.493 e. The van der Waals surface area contributed by atoms with Crippen molar-refractivity contribution in [3.8, 4) is 11.5 Å². The highest BCUT2D eigenvalue weighted by molar-refractivity contribution is 5.56. The van der Waals surface area contributed by atoms with Crippen molar-refractivity contribution >= 4 is 5.69 Å². The number of hydrogen-bond acceptors (Lipinski definition) is 4. The van der Waals surface area contributed by atoms with Gasteiger partial charge in [-0.15, -0.1) is 0 Å². The van der Waals surface area contributed by atoms with Crippen molar-refractivity contribution in [1.82, 2.24) is 5.32 Å². The van der Waals surface area contributed by atoms with Crippen LogP contribution >= 0.6 is 0 Å². The zero-order valence-electron chi connectivity index (χ0n) is 12.1. The fraction of sp³-hybridized carbons (Fsp3) is 0.600. The normalized spacial score (nSPS) is 19.0. The Morgan fingerprint density at radius 3 is 2.63 bits per heavy atom. The number of ether oxygens (including phenoxy) is 2. The van der Waals surface area contributed by atoms with Crippen molar-refractivity contribution < 1.29 is 9.47 Å². The molecule has 0 bridgehead atoms. The summed E-state index contributed by atoms with van der Waals surface area (Å²) in [6.45, 7) is 2.17. The number of rotatable bonds is 5. The number of nitrogens with zero attached hydrogens (tertiary/aromatic N) is 1. The quantitative estimate of drug-likeness (QED) is 0.884. The van der Waals surface area contributed by atoms with Crippen LogP contribution in [-0.2, 0) is 0 Å². The molecule has 0 aromatic heterocycles. The monoisotopic (exact) mass is 264 g/mol. The molecule has 1 aromatic carbocycles. The predicted octanol–water partition coefficient (Wildman–Crippen LogP) is 2.28. The molecule has 1 aromatic rings. The van der Waals surface area contributed by atoms with E-state index in [1.807, 2.05) is 12.1 Å². The van der Waals surface area contributed by atoms with Crippen LogP contribution in [-0.4, -0.2) is 40.4 Å². The van der Waals surface area contributed by atoms with Gasteiger partial charge in [0, 0.05) is 31.4 Å². The molecule has 1 saturated heterocycles. The van der Waals surface area contributed by atoms with Crippen LogP contribution in [0.5, 0.6) is 11.5 Å². The van der Waals surface area contributed by atoms with E-state index in [9.17, 15) is 0 Å². The van der Waals surface area contributed by atoms with Crippen molar-refractivity contribution in [2.24, 2.45) is 0 Å². The smallest absolute Gasteiger partial charge is 0.162 e. The van der Waals surface area contributed by atoms with Gasteiger partial charge in [0.1, 0.15) is 0 Å². The van der Waals surface area contributed by atoms with Gasteiger partial charge in [-0.05, 0) is 31.5 Å². The summed E-state index contributed by atoms with van der Waals surface area (Å²) in [5, 5.41) is 3.57. The summed E-state index contributed by atoms with van der Waals surface area (Å²) in [7, 11) is 5.45. The Morgan fingerprint density at radius 2 is 2.00 bits per heavy atom. The molecule has 0 saturated carbocycles. The third kappa shape index (κ3) is 3.53. The molecule has 1 atom stereocenters. The molecule has 0 spiro atoms. The zero-order chi connectivity index (χ0) is 13.7. The molecule has 1 aliphatic heterocycles. The molecular weight excluding hydrogens is 240 g/mol. The first kappa shape index (κ1) is 14.0. The van der Waals surface area contributed by atoms with E-state index in [4.69, 9.17) is 9.47 Å². The summed E-state index contributed by atoms with van der Waals surface area (Å²) in [5.74, 6) is 1.55. The van der Waals surface area contributed by atoms with Gasteiger partial charge in [0.2, 0.25) is 0 Å². The van der Waals surface area contributed by atoms with Crippen LogP contribution < -0.4 is 19.7 Å². The van der Waals surface area contributed by atoms with E-state index in [2.05, 4.69) is 23.3 Å². The van der Waals surface area contributed by atoms with Crippen molar-refractivity contribution in [3.05, 3.63) is 18.2 Å². The van der Waals surface area contributed by atoms with Gasteiger partial charge in [0.25, 0.3) is 0 Å². The Bertz CT molecular complexity index is 403. The first-order valence-electron chi connectivity index (χ1n) is 6.91. The lowest BCUT2D eigenvalue weighted by Gasteiger charge is -2.29. The van der Waals surface area contributed by atoms with Crippen molar-refractivity contribution in [2.45, 2.75) is 25.3 Å². The van der Waals surface area contributed by atoms with E-state index >= 15 is 0 Å². The van der Waals surface area contributed by atoms with Crippen LogP contribution in [0.3, 0.4) is 0 Å². The highest BCUT2D eigenvalue weighted by Gasteiger charge is 2.15. The molecule has 1 aliphatic rings. The van der Waals surface area contributed by atoms with Crippen LogP contribution in [0.4, 0.5) is 5.69 Å². The maximum atomic E-state index is 5.35. The van der Waals surface area contributed by atoms with Crippen LogP contribution in [0.1, 0.15) is 19.3 Å². The van der Waals surface area contributed by atoms with E-state index in [1.165, 1.54) is 19.3 Å². The molecule has 0 amide bonds. The molecule has 0 aliphatic carbocycles. The lowest BCUT2D eigenvalue weighted by Crippen LogP contribution is -2.42. The average Bonchev–Trinajstić information content (AvgIpc) is 2.47. The maximum Gasteiger partial charge on any atom is 0.162 e. The third-order valence-corrected chi connectivity index (χ3v) is 3.71. The molecule has 1 fully saturated rings. The Labute approximate surface area is 115 Å². The zero-order valence-corrected chi connectivity index (χ0v) is 12.1. The van der Waals surface area contributed by atoms with Gasteiger partial charge in [-0.25, -0.2) is 0 Å². The van der Waals surface area contributed by atoms with Gasteiger partial charge < -0.3 is 19.7 Å². The topological polar surface area (TPSA) is 33.7 Å². The average molecular weight is 264 g/mol. The SMILES string of the molecule is COc1ccc(N(C)CC2CCCCN2)cc1OC. The van der Waals surface area contributed by atoms with Gasteiger partial charge in [0.05, 0.1) is 14.2 Å². The van der Waals surface area contributed by atoms with E-state index in [1.54, 1.807) is 14.2 Å². The molecule has 4 heteroatoms. The Hall–Kier alpha value is -1.42. The predicted molar refractivity (Wildman–Crippen MR) is 78.5 cm³/mol. The summed E-state index contributed by atoms with van der Waals surface area (Å²) in [6, 6.07) is 6.65. The van der Waals surface area contributed by atoms with Crippen LogP contribution in [0.15, 0.2) is 18.2 Å². The molecule has 106 valence electrons. The summed E-state index contributed by atoms with van der Waals surface area (Å²) in [6.07, 6.45) is 3.89. The number of likely N-dealkylation sites (N-methyl/N-ethyl adjacent to an activating group) is 1. The van der Waals surface area contributed by atoms with Crippen LogP contribution in [0.2, 0.25) is 0 Å². The molecule has 1 unspecified atom stereocenters. The standard InChI is InChI=1S/C15H24N2O2/c1-17(11-12-6-4-5-9-16-12)13-7-8-14(18-2)15(10-13)19-3/h7-8,10,12,16H,4-6,9,11H2,1-3H3. The summed E-state index contributed by atoms with van der Waals surface area (Å²) < 4.78 is 10.6. The van der Waals surface area contributed by atoms with E-state index < -0.39 is 0 Å². The lowest BCUT2D eigenvalue weighted by molar-refractivity contribution is 0.355. The molecule has 0 radical (unpaired) electrons. The highest BCUT2D eigenvalue weighted by atomic mass is 16.5. The van der Waals surface area contributed by atoms with Gasteiger partial charge in [-0.1, -0.05) is 6.42 Å². The minimum Gasteiger partial charge on any atom is -0.493 e. The van der Waals surface area contributed by atoms with Crippen molar-refractivity contribution in [2.75, 3.05) is 39.3 Å². The molecule has 4 nitrogen and oxygen atoms in total. The Balaban J connectivity index is 2.03. The number of benzene rings is 1. The number of methoxy groups -OCH3 is 2. The molecule has 2 rings (SSSR count). The molecule has 1 N–H and O–H groups in total. The number of anilines is 1. The van der Waals surface area contributed by atoms with Crippen LogP contribution in [0.25, 0.3) is 0 Å². The molecular formula is C15H24N2O2. The molecule has 1 heterocycles. The minimum atomic E-state index is 0.590. The first-order chi connectivity index (χ1) is 9.24. The third-order valence-electron chi connectivity index (χ3n) is 3.71. The summed E-state index contributed by atoms with van der Waals surface area (Å²) >= 11 is 0. The fourth-order valence-electron chi connectivity index (χ4n) is 2.58. The summed E-state index contributed by atoms with van der Waals surface area (Å²) in [5.41, 5.74) is 1.16. The second kappa shape index (κ2) is 6.66. The summed E-state index contributed by atoms with van der Waals surface area (Å²) in [4.78, 5) is 2.27. The van der Waals surface area contributed by atoms with Gasteiger partial charge in [-0.2, -0.15) is 0 Å².